The van der Waals surface area contributed by atoms with E-state index in [1.165, 1.54) is 11.8 Å². The van der Waals surface area contributed by atoms with E-state index >= 15 is 0 Å². The third-order valence-corrected chi connectivity index (χ3v) is 5.07. The van der Waals surface area contributed by atoms with E-state index in [1.54, 1.807) is 22.8 Å². The van der Waals surface area contributed by atoms with Crippen molar-refractivity contribution in [1.82, 2.24) is 14.9 Å². The fourth-order valence-corrected chi connectivity index (χ4v) is 3.67. The molecule has 1 aromatic heterocycles. The van der Waals surface area contributed by atoms with Gasteiger partial charge in [0.25, 0.3) is 5.56 Å². The minimum absolute atomic E-state index is 0.0834. The Morgan fingerprint density at radius 3 is 2.81 bits per heavy atom. The molecule has 7 heteroatoms. The van der Waals surface area contributed by atoms with Gasteiger partial charge in [-0.2, -0.15) is 0 Å². The third-order valence-electron chi connectivity index (χ3n) is 3.85. The summed E-state index contributed by atoms with van der Waals surface area (Å²) in [5.74, 6) is 0.0609. The van der Waals surface area contributed by atoms with E-state index in [2.05, 4.69) is 10.3 Å². The van der Waals surface area contributed by atoms with Crippen molar-refractivity contribution in [3.05, 3.63) is 69.5 Å². The van der Waals surface area contributed by atoms with Gasteiger partial charge in [0.2, 0.25) is 5.91 Å². The monoisotopic (exact) mass is 387 g/mol. The zero-order chi connectivity index (χ0) is 18.5. The molecule has 0 saturated heterocycles. The number of halogens is 1. The van der Waals surface area contributed by atoms with Gasteiger partial charge in [-0.15, -0.1) is 0 Å². The highest BCUT2D eigenvalue weighted by Gasteiger charge is 2.12. The first-order chi connectivity index (χ1) is 12.6. The first-order valence-electron chi connectivity index (χ1n) is 8.22. The minimum Gasteiger partial charge on any atom is -0.351 e. The zero-order valence-electron chi connectivity index (χ0n) is 14.2. The van der Waals surface area contributed by atoms with Crippen LogP contribution in [0.1, 0.15) is 12.5 Å². The summed E-state index contributed by atoms with van der Waals surface area (Å²) in [5, 5.41) is 4.63. The number of para-hydroxylation sites is 1. The fourth-order valence-electron chi connectivity index (χ4n) is 2.57. The number of rotatable bonds is 6. The molecular weight excluding hydrogens is 370 g/mol. The average molecular weight is 388 g/mol. The second kappa shape index (κ2) is 8.38. The van der Waals surface area contributed by atoms with Gasteiger partial charge in [-0.25, -0.2) is 4.98 Å². The van der Waals surface area contributed by atoms with Crippen molar-refractivity contribution >= 4 is 40.2 Å². The summed E-state index contributed by atoms with van der Waals surface area (Å²) >= 11 is 7.20. The van der Waals surface area contributed by atoms with Gasteiger partial charge in [-0.05, 0) is 36.8 Å². The fraction of sp³-hybridized carbons (Fsp3) is 0.211. The van der Waals surface area contributed by atoms with Crippen LogP contribution in [0.4, 0.5) is 0 Å². The maximum absolute atomic E-state index is 12.6. The number of carbonyl (C=O) groups excluding carboxylic acids is 1. The molecule has 0 atom stereocenters. The first kappa shape index (κ1) is 18.5. The van der Waals surface area contributed by atoms with Crippen LogP contribution in [0.15, 0.2) is 58.5 Å². The largest absolute Gasteiger partial charge is 0.351 e. The lowest BCUT2D eigenvalue weighted by Crippen LogP contribution is -2.26. The third kappa shape index (κ3) is 4.26. The molecule has 0 bridgehead atoms. The van der Waals surface area contributed by atoms with Crippen LogP contribution in [0.2, 0.25) is 5.02 Å². The van der Waals surface area contributed by atoms with Crippen molar-refractivity contribution in [2.24, 2.45) is 0 Å². The van der Waals surface area contributed by atoms with Crippen molar-refractivity contribution < 1.29 is 4.79 Å². The lowest BCUT2D eigenvalue weighted by Gasteiger charge is -2.11. The Hall–Kier alpha value is -2.31. The Morgan fingerprint density at radius 2 is 2.04 bits per heavy atom. The quantitative estimate of drug-likeness (QED) is 0.519. The van der Waals surface area contributed by atoms with Gasteiger partial charge < -0.3 is 5.32 Å². The molecule has 3 aromatic rings. The summed E-state index contributed by atoms with van der Waals surface area (Å²) in [6.07, 6.45) is 0. The molecule has 5 nitrogen and oxygen atoms in total. The molecule has 26 heavy (non-hydrogen) atoms. The van der Waals surface area contributed by atoms with Crippen LogP contribution in [-0.4, -0.2) is 21.2 Å². The van der Waals surface area contributed by atoms with Crippen LogP contribution < -0.4 is 10.9 Å². The summed E-state index contributed by atoms with van der Waals surface area (Å²) in [4.78, 5) is 29.2. The molecule has 0 unspecified atom stereocenters. The lowest BCUT2D eigenvalue weighted by molar-refractivity contribution is -0.118. The van der Waals surface area contributed by atoms with Crippen molar-refractivity contribution in [3.8, 4) is 0 Å². The molecule has 1 amide bonds. The van der Waals surface area contributed by atoms with Crippen LogP contribution >= 0.6 is 23.4 Å². The van der Waals surface area contributed by atoms with E-state index in [0.717, 1.165) is 5.56 Å². The normalized spacial score (nSPS) is 10.8. The summed E-state index contributed by atoms with van der Waals surface area (Å²) in [5.41, 5.74) is 1.49. The first-order valence-corrected chi connectivity index (χ1v) is 9.58. The molecular formula is C19H18ClN3O2S. The zero-order valence-corrected chi connectivity index (χ0v) is 15.8. The van der Waals surface area contributed by atoms with Crippen LogP contribution in [0, 0.1) is 0 Å². The molecule has 0 fully saturated rings. The van der Waals surface area contributed by atoms with Crippen molar-refractivity contribution in [2.45, 2.75) is 25.2 Å². The number of fused-ring (bicyclic) bond motifs is 1. The second-order valence-corrected chi connectivity index (χ2v) is 7.04. The van der Waals surface area contributed by atoms with Gasteiger partial charge >= 0.3 is 0 Å². The number of nitrogens with zero attached hydrogens (tertiary/aromatic N) is 2. The van der Waals surface area contributed by atoms with Gasteiger partial charge in [0.05, 0.1) is 16.7 Å². The molecule has 0 saturated carbocycles. The highest BCUT2D eigenvalue weighted by atomic mass is 35.5. The van der Waals surface area contributed by atoms with E-state index in [1.807, 2.05) is 37.3 Å². The lowest BCUT2D eigenvalue weighted by atomic mass is 10.2. The Kier molecular flexibility index (Phi) is 5.96. The van der Waals surface area contributed by atoms with Crippen LogP contribution in [0.3, 0.4) is 0 Å². The van der Waals surface area contributed by atoms with E-state index in [4.69, 9.17) is 11.6 Å². The van der Waals surface area contributed by atoms with Gasteiger partial charge in [0.1, 0.15) is 0 Å². The standard InChI is InChI=1S/C19H18ClN3O2S/c1-2-23-18(25)15-8-3-4-9-16(15)22-19(23)26-12-17(24)21-11-13-6-5-7-14(20)10-13/h3-10H,2,11-12H2,1H3,(H,21,24). The smallest absolute Gasteiger partial charge is 0.262 e. The van der Waals surface area contributed by atoms with Gasteiger partial charge in [0.15, 0.2) is 5.16 Å². The summed E-state index contributed by atoms with van der Waals surface area (Å²) in [7, 11) is 0. The summed E-state index contributed by atoms with van der Waals surface area (Å²) in [6.45, 7) is 2.80. The Balaban J connectivity index is 1.69. The molecule has 2 aromatic carbocycles. The topological polar surface area (TPSA) is 64.0 Å². The number of carbonyl (C=O) groups is 1. The highest BCUT2D eigenvalue weighted by molar-refractivity contribution is 7.99. The number of aromatic nitrogens is 2. The van der Waals surface area contributed by atoms with Gasteiger partial charge in [0, 0.05) is 18.1 Å². The number of amides is 1. The number of nitrogens with one attached hydrogen (secondary N) is 1. The average Bonchev–Trinajstić information content (AvgIpc) is 2.65. The molecule has 1 N–H and O–H groups in total. The molecule has 0 aliphatic carbocycles. The number of benzene rings is 2. The van der Waals surface area contributed by atoms with Crippen molar-refractivity contribution in [1.29, 1.82) is 0 Å². The molecule has 134 valence electrons. The van der Waals surface area contributed by atoms with Crippen molar-refractivity contribution in [3.63, 3.8) is 0 Å². The Labute approximate surface area is 160 Å². The Bertz CT molecular complexity index is 1000. The molecule has 0 aliphatic heterocycles. The molecule has 1 heterocycles. The molecule has 0 radical (unpaired) electrons. The van der Waals surface area contributed by atoms with E-state index in [9.17, 15) is 9.59 Å². The van der Waals surface area contributed by atoms with E-state index < -0.39 is 0 Å². The van der Waals surface area contributed by atoms with E-state index in [-0.39, 0.29) is 17.2 Å². The molecule has 0 spiro atoms. The van der Waals surface area contributed by atoms with Gasteiger partial charge in [-0.3, -0.25) is 14.2 Å². The van der Waals surface area contributed by atoms with Crippen LogP contribution in [0.5, 0.6) is 0 Å². The maximum Gasteiger partial charge on any atom is 0.262 e. The van der Waals surface area contributed by atoms with E-state index in [0.29, 0.717) is 34.2 Å². The number of hydrogen-bond acceptors (Lipinski definition) is 4. The maximum atomic E-state index is 12.6. The van der Waals surface area contributed by atoms with Crippen LogP contribution in [0.25, 0.3) is 10.9 Å². The summed E-state index contributed by atoms with van der Waals surface area (Å²) in [6, 6.07) is 14.6. The predicted molar refractivity (Wildman–Crippen MR) is 106 cm³/mol. The SMILES string of the molecule is CCn1c(SCC(=O)NCc2cccc(Cl)c2)nc2ccccc2c1=O. The number of hydrogen-bond donors (Lipinski definition) is 1. The highest BCUT2D eigenvalue weighted by Crippen LogP contribution is 2.17. The molecule has 0 aliphatic rings. The second-order valence-electron chi connectivity index (χ2n) is 5.66. The van der Waals surface area contributed by atoms with Crippen molar-refractivity contribution in [2.75, 3.05) is 5.75 Å². The minimum atomic E-state index is -0.125. The van der Waals surface area contributed by atoms with Gasteiger partial charge in [-0.1, -0.05) is 47.6 Å². The predicted octanol–water partition coefficient (Wildman–Crippen LogP) is 3.48. The Morgan fingerprint density at radius 1 is 1.23 bits per heavy atom. The molecule has 3 rings (SSSR count). The van der Waals surface area contributed by atoms with Crippen LogP contribution in [-0.2, 0) is 17.9 Å². The number of thioether (sulfide) groups is 1. The summed E-state index contributed by atoms with van der Waals surface area (Å²) < 4.78 is 1.59.